The molecule has 0 spiro atoms. The molecule has 1 saturated carbocycles. The minimum Gasteiger partial charge on any atom is -0.362 e. The van der Waals surface area contributed by atoms with Crippen LogP contribution < -0.4 is 5.32 Å². The van der Waals surface area contributed by atoms with E-state index >= 15 is 0 Å². The highest BCUT2D eigenvalue weighted by Gasteiger charge is 2.51. The Bertz CT molecular complexity index is 1060. The Kier molecular flexibility index (Phi) is 5.25. The first-order valence-electron chi connectivity index (χ1n) is 9.53. The van der Waals surface area contributed by atoms with Crippen molar-refractivity contribution in [3.63, 3.8) is 0 Å². The minimum absolute atomic E-state index is 0.0664. The summed E-state index contributed by atoms with van der Waals surface area (Å²) < 4.78 is 30.0. The van der Waals surface area contributed by atoms with E-state index in [1.54, 1.807) is 12.1 Å². The molecule has 1 aliphatic heterocycles. The van der Waals surface area contributed by atoms with E-state index in [0.29, 0.717) is 17.9 Å². The zero-order valence-electron chi connectivity index (χ0n) is 16.1. The number of hydrogen-bond donors (Lipinski definition) is 1. The summed E-state index contributed by atoms with van der Waals surface area (Å²) in [5, 5.41) is 2.93. The van der Waals surface area contributed by atoms with Gasteiger partial charge in [0.15, 0.2) is 0 Å². The van der Waals surface area contributed by atoms with Crippen LogP contribution in [0.2, 0.25) is 0 Å². The van der Waals surface area contributed by atoms with Crippen molar-refractivity contribution in [1.29, 1.82) is 0 Å². The Balaban J connectivity index is 1.48. The molecule has 0 unspecified atom stereocenters. The highest BCUT2D eigenvalue weighted by Crippen LogP contribution is 2.49. The van der Waals surface area contributed by atoms with Crippen LogP contribution in [0.15, 0.2) is 62.3 Å². The van der Waals surface area contributed by atoms with E-state index in [9.17, 15) is 13.2 Å². The lowest BCUT2D eigenvalue weighted by atomic mass is 9.95. The number of rotatable bonds is 5. The Labute approximate surface area is 179 Å². The van der Waals surface area contributed by atoms with Crippen molar-refractivity contribution in [2.75, 3.05) is 18.9 Å². The van der Waals surface area contributed by atoms with Crippen molar-refractivity contribution in [3.05, 3.63) is 58.6 Å². The number of nitrogens with one attached hydrogen (secondary N) is 1. The normalized spacial score (nSPS) is 19.4. The molecular formula is C21H22BrN3O3S. The molecule has 1 heterocycles. The lowest BCUT2D eigenvalue weighted by Crippen LogP contribution is -2.27. The number of hydrogen-bond acceptors (Lipinski definition) is 3. The molecule has 1 amide bonds. The van der Waals surface area contributed by atoms with Gasteiger partial charge in [-0.15, -0.1) is 4.40 Å². The Hall–Kier alpha value is -2.19. The third-order valence-corrected chi connectivity index (χ3v) is 7.40. The van der Waals surface area contributed by atoms with Crippen molar-refractivity contribution in [1.82, 2.24) is 4.90 Å². The van der Waals surface area contributed by atoms with E-state index in [0.717, 1.165) is 35.8 Å². The molecule has 0 aromatic heterocycles. The zero-order chi connectivity index (χ0) is 20.6. The molecule has 1 aliphatic carbocycles. The lowest BCUT2D eigenvalue weighted by molar-refractivity contribution is -0.118. The van der Waals surface area contributed by atoms with E-state index in [1.807, 2.05) is 36.2 Å². The van der Waals surface area contributed by atoms with E-state index in [2.05, 4.69) is 25.6 Å². The molecular weight excluding hydrogens is 454 g/mol. The number of carbonyl (C=O) groups excluding carboxylic acids is 1. The number of amidine groups is 1. The monoisotopic (exact) mass is 475 g/mol. The van der Waals surface area contributed by atoms with Gasteiger partial charge in [0, 0.05) is 30.2 Å². The quantitative estimate of drug-likeness (QED) is 0.710. The van der Waals surface area contributed by atoms with Gasteiger partial charge in [-0.1, -0.05) is 28.1 Å². The van der Waals surface area contributed by atoms with E-state index < -0.39 is 15.4 Å². The number of halogens is 1. The number of carbonyl (C=O) groups is 1. The maximum absolute atomic E-state index is 12.9. The molecule has 0 atom stereocenters. The Morgan fingerprint density at radius 1 is 1.10 bits per heavy atom. The molecule has 2 fully saturated rings. The summed E-state index contributed by atoms with van der Waals surface area (Å²) in [5.74, 6) is 0.524. The topological polar surface area (TPSA) is 78.8 Å². The van der Waals surface area contributed by atoms with Crippen LogP contribution in [0.3, 0.4) is 0 Å². The van der Waals surface area contributed by atoms with Crippen LogP contribution >= 0.6 is 15.9 Å². The lowest BCUT2D eigenvalue weighted by Gasteiger charge is -2.16. The Morgan fingerprint density at radius 2 is 1.76 bits per heavy atom. The Morgan fingerprint density at radius 3 is 2.31 bits per heavy atom. The summed E-state index contributed by atoms with van der Waals surface area (Å²) >= 11 is 3.42. The molecule has 1 saturated heterocycles. The van der Waals surface area contributed by atoms with Crippen molar-refractivity contribution >= 4 is 43.4 Å². The molecule has 4 rings (SSSR count). The van der Waals surface area contributed by atoms with E-state index in [-0.39, 0.29) is 10.8 Å². The first-order valence-corrected chi connectivity index (χ1v) is 11.8. The maximum atomic E-state index is 12.9. The molecule has 1 N–H and O–H groups in total. The molecule has 0 bridgehead atoms. The van der Waals surface area contributed by atoms with Crippen molar-refractivity contribution in [2.45, 2.75) is 36.0 Å². The molecule has 2 aromatic carbocycles. The molecule has 152 valence electrons. The van der Waals surface area contributed by atoms with Gasteiger partial charge in [-0.3, -0.25) is 4.79 Å². The maximum Gasteiger partial charge on any atom is 0.283 e. The smallest absolute Gasteiger partial charge is 0.283 e. The van der Waals surface area contributed by atoms with Gasteiger partial charge in [0.2, 0.25) is 5.91 Å². The summed E-state index contributed by atoms with van der Waals surface area (Å²) in [4.78, 5) is 14.8. The number of sulfonamides is 1. The first-order chi connectivity index (χ1) is 13.8. The largest absolute Gasteiger partial charge is 0.362 e. The fraction of sp³-hybridized carbons (Fsp3) is 0.333. The van der Waals surface area contributed by atoms with Gasteiger partial charge in [0.05, 0.1) is 10.3 Å². The highest BCUT2D eigenvalue weighted by atomic mass is 79.9. The predicted molar refractivity (Wildman–Crippen MR) is 117 cm³/mol. The second-order valence-corrected chi connectivity index (χ2v) is 10.1. The van der Waals surface area contributed by atoms with Crippen LogP contribution in [0.1, 0.15) is 31.2 Å². The van der Waals surface area contributed by atoms with Crippen LogP contribution in [0.25, 0.3) is 0 Å². The van der Waals surface area contributed by atoms with Gasteiger partial charge in [-0.25, -0.2) is 0 Å². The molecule has 6 nitrogen and oxygen atoms in total. The number of likely N-dealkylation sites (tertiary alicyclic amines) is 1. The number of anilines is 1. The minimum atomic E-state index is -3.76. The fourth-order valence-corrected chi connectivity index (χ4v) is 4.96. The number of nitrogens with zero attached hydrogens (tertiary/aromatic N) is 2. The number of amides is 1. The molecule has 2 aromatic rings. The molecule has 8 heteroatoms. The average molecular weight is 476 g/mol. The van der Waals surface area contributed by atoms with Crippen molar-refractivity contribution in [3.8, 4) is 0 Å². The summed E-state index contributed by atoms with van der Waals surface area (Å²) in [6.07, 6.45) is 3.19. The van der Waals surface area contributed by atoms with Crippen molar-refractivity contribution in [2.24, 2.45) is 4.40 Å². The van der Waals surface area contributed by atoms with E-state index in [4.69, 9.17) is 0 Å². The van der Waals surface area contributed by atoms with Crippen molar-refractivity contribution < 1.29 is 13.2 Å². The van der Waals surface area contributed by atoms with Crippen LogP contribution in [0, 0.1) is 0 Å². The zero-order valence-corrected chi connectivity index (χ0v) is 18.5. The van der Waals surface area contributed by atoms with E-state index in [1.165, 1.54) is 12.1 Å². The SMILES string of the molecule is CN1CCC/C1=N/S(=O)(=O)c1ccc(NC(=O)C2(c3ccc(Br)cc3)CC2)cc1. The van der Waals surface area contributed by atoms with Gasteiger partial charge in [-0.05, 0) is 61.2 Å². The van der Waals surface area contributed by atoms with Gasteiger partial charge in [0.1, 0.15) is 5.84 Å². The van der Waals surface area contributed by atoms with Gasteiger partial charge in [-0.2, -0.15) is 8.42 Å². The summed E-state index contributed by atoms with van der Waals surface area (Å²) in [7, 11) is -1.91. The van der Waals surface area contributed by atoms with Crippen LogP contribution in [-0.2, 0) is 20.2 Å². The average Bonchev–Trinajstić information content (AvgIpc) is 3.41. The van der Waals surface area contributed by atoms with Gasteiger partial charge < -0.3 is 10.2 Å². The van der Waals surface area contributed by atoms with Crippen LogP contribution in [0.5, 0.6) is 0 Å². The summed E-state index contributed by atoms with van der Waals surface area (Å²) in [6, 6.07) is 14.0. The third kappa shape index (κ3) is 4.09. The third-order valence-electron chi connectivity index (χ3n) is 5.55. The van der Waals surface area contributed by atoms with Gasteiger partial charge >= 0.3 is 0 Å². The number of benzene rings is 2. The molecule has 29 heavy (non-hydrogen) atoms. The van der Waals surface area contributed by atoms with Crippen LogP contribution in [-0.4, -0.2) is 38.7 Å². The molecule has 2 aliphatic rings. The first kappa shape index (κ1) is 20.1. The summed E-state index contributed by atoms with van der Waals surface area (Å²) in [5.41, 5.74) is 1.07. The van der Waals surface area contributed by atoms with Crippen LogP contribution in [0.4, 0.5) is 5.69 Å². The highest BCUT2D eigenvalue weighted by molar-refractivity contribution is 9.10. The second kappa shape index (κ2) is 7.57. The van der Waals surface area contributed by atoms with Gasteiger partial charge in [0.25, 0.3) is 10.0 Å². The molecule has 0 radical (unpaired) electrons. The fourth-order valence-electron chi connectivity index (χ4n) is 3.60. The predicted octanol–water partition coefficient (Wildman–Crippen LogP) is 3.93. The summed E-state index contributed by atoms with van der Waals surface area (Å²) in [6.45, 7) is 0.819. The standard InChI is InChI=1S/C21H22BrN3O3S/c1-25-14-2-3-19(25)24-29(27,28)18-10-8-17(9-11-18)23-20(26)21(12-13-21)15-4-6-16(22)7-5-15/h4-11H,2-3,12-14H2,1H3,(H,23,26)/b24-19-. The second-order valence-electron chi connectivity index (χ2n) is 7.58.